The molecule has 0 unspecified atom stereocenters. The van der Waals surface area contributed by atoms with Crippen LogP contribution >= 0.6 is 0 Å². The molecule has 0 fully saturated rings. The van der Waals surface area contributed by atoms with Gasteiger partial charge in [0.1, 0.15) is 0 Å². The molecular weight excluding hydrogens is 123 g/mol. The number of hydrogen-bond donors (Lipinski definition) is 1. The summed E-state index contributed by atoms with van der Waals surface area (Å²) >= 11 is 0. The van der Waals surface area contributed by atoms with Crippen molar-refractivity contribution in [2.24, 2.45) is 0 Å². The molecule has 8 heavy (non-hydrogen) atoms. The van der Waals surface area contributed by atoms with Crippen molar-refractivity contribution in [2.75, 3.05) is 0 Å². The van der Waals surface area contributed by atoms with E-state index < -0.39 is 5.97 Å². The molecular formula is C4H13AlO3. The molecule has 0 spiro atoms. The average Bonchev–Trinajstić information content (AvgIpc) is 1.35. The summed E-state index contributed by atoms with van der Waals surface area (Å²) < 4.78 is 0. The van der Waals surface area contributed by atoms with E-state index in [0.29, 0.717) is 6.42 Å². The Morgan fingerprint density at radius 1 is 1.62 bits per heavy atom. The summed E-state index contributed by atoms with van der Waals surface area (Å²) in [7, 11) is 0. The quantitative estimate of drug-likeness (QED) is 0.487. The van der Waals surface area contributed by atoms with E-state index >= 15 is 0 Å². The molecule has 0 aromatic heterocycles. The van der Waals surface area contributed by atoms with Gasteiger partial charge in [0.2, 0.25) is 0 Å². The average molecular weight is 136 g/mol. The zero-order chi connectivity index (χ0) is 4.99. The normalized spacial score (nSPS) is 6.12. The summed E-state index contributed by atoms with van der Waals surface area (Å²) in [5, 5.41) is 7.91. The van der Waals surface area contributed by atoms with E-state index in [4.69, 9.17) is 5.11 Å². The Kier molecular flexibility index (Phi) is 19.7. The van der Waals surface area contributed by atoms with Crippen molar-refractivity contribution < 1.29 is 15.4 Å². The van der Waals surface area contributed by atoms with Crippen LogP contribution in [0.15, 0.2) is 0 Å². The molecule has 0 saturated heterocycles. The highest BCUT2D eigenvalue weighted by Crippen LogP contribution is 1.82. The molecule has 0 aliphatic carbocycles. The first-order valence-electron chi connectivity index (χ1n) is 1.99. The molecule has 0 bridgehead atoms. The maximum Gasteiger partial charge on any atom is 0.303 e. The minimum Gasteiger partial charge on any atom is -0.481 e. The largest absolute Gasteiger partial charge is 0.481 e. The van der Waals surface area contributed by atoms with Gasteiger partial charge < -0.3 is 10.6 Å². The van der Waals surface area contributed by atoms with Crippen molar-refractivity contribution in [1.29, 1.82) is 0 Å². The van der Waals surface area contributed by atoms with Gasteiger partial charge in [0.25, 0.3) is 0 Å². The van der Waals surface area contributed by atoms with Gasteiger partial charge in [-0.3, -0.25) is 4.79 Å². The lowest BCUT2D eigenvalue weighted by atomic mass is 10.4. The number of aliphatic carboxylic acids is 1. The fraction of sp³-hybridized carbons (Fsp3) is 0.750. The number of rotatable bonds is 2. The van der Waals surface area contributed by atoms with Crippen molar-refractivity contribution in [3.8, 4) is 0 Å². The Labute approximate surface area is 59.1 Å². The van der Waals surface area contributed by atoms with Gasteiger partial charge in [-0.05, 0) is 6.42 Å². The Morgan fingerprint density at radius 2 is 2.00 bits per heavy atom. The minimum atomic E-state index is -0.711. The van der Waals surface area contributed by atoms with Gasteiger partial charge in [-0.15, -0.1) is 0 Å². The van der Waals surface area contributed by atoms with Crippen molar-refractivity contribution >= 4 is 23.3 Å². The lowest BCUT2D eigenvalue weighted by molar-refractivity contribution is -0.137. The van der Waals surface area contributed by atoms with Crippen LogP contribution in [0.5, 0.6) is 0 Å². The highest BCUT2D eigenvalue weighted by molar-refractivity contribution is 5.75. The summed E-state index contributed by atoms with van der Waals surface area (Å²) in [6, 6.07) is 0. The van der Waals surface area contributed by atoms with E-state index in [1.54, 1.807) is 0 Å². The topological polar surface area (TPSA) is 68.8 Å². The molecule has 0 atom stereocenters. The fourth-order valence-corrected chi connectivity index (χ4v) is 0.214. The maximum atomic E-state index is 9.60. The van der Waals surface area contributed by atoms with Gasteiger partial charge in [0.05, 0.1) is 0 Å². The van der Waals surface area contributed by atoms with Crippen LogP contribution < -0.4 is 0 Å². The van der Waals surface area contributed by atoms with E-state index in [1.165, 1.54) is 0 Å². The van der Waals surface area contributed by atoms with Crippen LogP contribution in [0.2, 0.25) is 0 Å². The molecule has 0 aliphatic heterocycles. The number of carboxylic acids is 1. The molecule has 0 aromatic carbocycles. The Bertz CT molecular complexity index is 55.2. The molecule has 50 valence electrons. The zero-order valence-corrected chi connectivity index (χ0v) is 4.27. The molecule has 0 aliphatic rings. The summed E-state index contributed by atoms with van der Waals surface area (Å²) in [6.45, 7) is 1.84. The lowest BCUT2D eigenvalue weighted by Gasteiger charge is -1.79. The molecule has 0 aromatic rings. The van der Waals surface area contributed by atoms with Crippen LogP contribution in [0, 0.1) is 0 Å². The molecule has 0 amide bonds. The van der Waals surface area contributed by atoms with Crippen LogP contribution in [-0.2, 0) is 4.79 Å². The minimum absolute atomic E-state index is 0. The summed E-state index contributed by atoms with van der Waals surface area (Å²) in [5.74, 6) is -0.711. The first-order valence-corrected chi connectivity index (χ1v) is 1.99. The lowest BCUT2D eigenvalue weighted by Crippen LogP contribution is -1.90. The second kappa shape index (κ2) is 10.1. The van der Waals surface area contributed by atoms with Gasteiger partial charge in [0, 0.05) is 6.42 Å². The third-order valence-electron chi connectivity index (χ3n) is 0.464. The molecule has 4 heteroatoms. The van der Waals surface area contributed by atoms with E-state index in [-0.39, 0.29) is 22.8 Å². The summed E-state index contributed by atoms with van der Waals surface area (Å²) in [4.78, 5) is 9.60. The van der Waals surface area contributed by atoms with Crippen molar-refractivity contribution in [1.82, 2.24) is 0 Å². The maximum absolute atomic E-state index is 9.60. The Hall–Kier alpha value is -0.0375. The van der Waals surface area contributed by atoms with Crippen LogP contribution in [0.3, 0.4) is 0 Å². The van der Waals surface area contributed by atoms with E-state index in [2.05, 4.69) is 0 Å². The number of hydrogen-bond acceptors (Lipinski definition) is 1. The summed E-state index contributed by atoms with van der Waals surface area (Å²) in [6.07, 6.45) is 1.02. The Morgan fingerprint density at radius 3 is 2.00 bits per heavy atom. The van der Waals surface area contributed by atoms with E-state index in [9.17, 15) is 4.79 Å². The third kappa shape index (κ3) is 16.7. The molecule has 0 radical (unpaired) electrons. The van der Waals surface area contributed by atoms with Crippen LogP contribution in [0.1, 0.15) is 19.8 Å². The van der Waals surface area contributed by atoms with Gasteiger partial charge in [0.15, 0.2) is 17.4 Å². The van der Waals surface area contributed by atoms with Crippen LogP contribution in [0.25, 0.3) is 0 Å². The van der Waals surface area contributed by atoms with Crippen molar-refractivity contribution in [3.63, 3.8) is 0 Å². The van der Waals surface area contributed by atoms with Gasteiger partial charge in [-0.25, -0.2) is 0 Å². The molecule has 3 N–H and O–H groups in total. The molecule has 0 rings (SSSR count). The second-order valence-corrected chi connectivity index (χ2v) is 1.14. The highest BCUT2D eigenvalue weighted by Gasteiger charge is 1.87. The van der Waals surface area contributed by atoms with Crippen molar-refractivity contribution in [2.45, 2.75) is 19.8 Å². The second-order valence-electron chi connectivity index (χ2n) is 1.14. The molecule has 0 heterocycles. The Balaban J connectivity index is -0.000000125. The van der Waals surface area contributed by atoms with Gasteiger partial charge in [-0.1, -0.05) is 6.92 Å². The predicted octanol–water partition coefficient (Wildman–Crippen LogP) is -1.14. The van der Waals surface area contributed by atoms with Gasteiger partial charge >= 0.3 is 5.97 Å². The predicted molar refractivity (Wildman–Crippen MR) is 36.1 cm³/mol. The molecule has 0 saturated carbocycles. The van der Waals surface area contributed by atoms with E-state index in [1.807, 2.05) is 6.92 Å². The van der Waals surface area contributed by atoms with Crippen LogP contribution in [-0.4, -0.2) is 33.9 Å². The fourth-order valence-electron chi connectivity index (χ4n) is 0.214. The zero-order valence-electron chi connectivity index (χ0n) is 4.27. The first-order chi connectivity index (χ1) is 2.77. The summed E-state index contributed by atoms with van der Waals surface area (Å²) in [5.41, 5.74) is 0. The van der Waals surface area contributed by atoms with Crippen LogP contribution in [0.4, 0.5) is 0 Å². The van der Waals surface area contributed by atoms with E-state index in [0.717, 1.165) is 6.42 Å². The molecule has 3 nitrogen and oxygen atoms in total. The smallest absolute Gasteiger partial charge is 0.303 e. The third-order valence-corrected chi connectivity index (χ3v) is 0.464. The van der Waals surface area contributed by atoms with Crippen molar-refractivity contribution in [3.05, 3.63) is 0 Å². The SMILES string of the molecule is CCCC(=O)O.O.[AlH3]. The monoisotopic (exact) mass is 136 g/mol. The standard InChI is InChI=1S/C4H8O2.Al.H2O.3H/c1-2-3-4(5)6;;;;;/h2-3H2,1H3,(H,5,6);;1H2;;;. The highest BCUT2D eigenvalue weighted by atomic mass is 27.0. The number of carbonyl (C=O) groups is 1. The van der Waals surface area contributed by atoms with Gasteiger partial charge in [-0.2, -0.15) is 0 Å². The first kappa shape index (κ1) is 15.7. The number of carboxylic acid groups (broad SMARTS) is 1.